The molecule has 0 saturated heterocycles. The van der Waals surface area contributed by atoms with Gasteiger partial charge in [-0.1, -0.05) is 26.0 Å². The second-order valence-electron chi connectivity index (χ2n) is 5.39. The number of nitrogens with one attached hydrogen (secondary N) is 2. The predicted octanol–water partition coefficient (Wildman–Crippen LogP) is -0.0495. The molecule has 0 bridgehead atoms. The number of carbonyl (C=O) groups is 2. The van der Waals surface area contributed by atoms with Crippen LogP contribution in [0.15, 0.2) is 34.2 Å². The third kappa shape index (κ3) is 3.67. The van der Waals surface area contributed by atoms with Crippen molar-refractivity contribution in [3.8, 4) is 0 Å². The predicted molar refractivity (Wildman–Crippen MR) is 82.6 cm³/mol. The van der Waals surface area contributed by atoms with E-state index in [9.17, 15) is 18.0 Å². The normalized spacial score (nSPS) is 18.3. The van der Waals surface area contributed by atoms with Crippen molar-refractivity contribution in [3.05, 3.63) is 29.8 Å². The van der Waals surface area contributed by atoms with Crippen molar-refractivity contribution in [1.82, 2.24) is 10.0 Å². The van der Waals surface area contributed by atoms with E-state index >= 15 is 0 Å². The van der Waals surface area contributed by atoms with Crippen LogP contribution in [0, 0.1) is 5.92 Å². The van der Waals surface area contributed by atoms with E-state index in [0.717, 1.165) is 0 Å². The minimum atomic E-state index is -3.66. The Kier molecular flexibility index (Phi) is 4.69. The first kappa shape index (κ1) is 16.9. The van der Waals surface area contributed by atoms with Crippen molar-refractivity contribution in [1.29, 1.82) is 0 Å². The van der Waals surface area contributed by atoms with E-state index in [2.05, 4.69) is 15.0 Å². The summed E-state index contributed by atoms with van der Waals surface area (Å²) >= 11 is 0. The molecule has 0 radical (unpaired) electrons. The maximum atomic E-state index is 11.9. The Labute approximate surface area is 133 Å². The zero-order chi connectivity index (χ0) is 17.2. The van der Waals surface area contributed by atoms with Gasteiger partial charge < -0.3 is 10.4 Å². The number of rotatable bonds is 5. The summed E-state index contributed by atoms with van der Waals surface area (Å²) in [4.78, 5) is 26.9. The maximum absolute atomic E-state index is 11.9. The minimum Gasteiger partial charge on any atom is -0.480 e. The number of nitrogens with zero attached hydrogens (tertiary/aromatic N) is 1. The number of fused-ring (bicyclic) bond motifs is 1. The number of sulfonamides is 1. The lowest BCUT2D eigenvalue weighted by Gasteiger charge is -2.17. The van der Waals surface area contributed by atoms with Gasteiger partial charge in [0.25, 0.3) is 10.0 Å². The Hall–Kier alpha value is -2.42. The van der Waals surface area contributed by atoms with E-state index < -0.39 is 27.9 Å². The first-order valence-corrected chi connectivity index (χ1v) is 8.39. The molecule has 1 aliphatic rings. The van der Waals surface area contributed by atoms with Crippen LogP contribution < -0.4 is 10.0 Å². The Morgan fingerprint density at radius 1 is 1.30 bits per heavy atom. The highest BCUT2D eigenvalue weighted by atomic mass is 32.2. The van der Waals surface area contributed by atoms with E-state index in [1.807, 2.05) is 0 Å². The van der Waals surface area contributed by atoms with Gasteiger partial charge in [0.1, 0.15) is 18.4 Å². The number of carboxylic acid groups (broad SMARTS) is 1. The zero-order valence-electron chi connectivity index (χ0n) is 12.6. The third-order valence-electron chi connectivity index (χ3n) is 3.29. The molecule has 2 rings (SSSR count). The molecular weight excluding hydrogens is 322 g/mol. The molecule has 1 atom stereocenters. The van der Waals surface area contributed by atoms with Crippen molar-refractivity contribution in [2.75, 3.05) is 6.54 Å². The summed E-state index contributed by atoms with van der Waals surface area (Å²) in [6, 6.07) is 5.26. The van der Waals surface area contributed by atoms with Crippen LogP contribution in [0.5, 0.6) is 0 Å². The van der Waals surface area contributed by atoms with Crippen LogP contribution in [0.3, 0.4) is 0 Å². The summed E-state index contributed by atoms with van der Waals surface area (Å²) in [5.41, 5.74) is 0.388. The molecule has 0 fully saturated rings. The van der Waals surface area contributed by atoms with Crippen molar-refractivity contribution < 1.29 is 23.1 Å². The van der Waals surface area contributed by atoms with Gasteiger partial charge in [0.15, 0.2) is 0 Å². The van der Waals surface area contributed by atoms with Crippen LogP contribution in [0.1, 0.15) is 19.4 Å². The fourth-order valence-corrected chi connectivity index (χ4v) is 3.39. The van der Waals surface area contributed by atoms with Gasteiger partial charge in [-0.15, -0.1) is 0 Å². The number of aliphatic carboxylic acids is 1. The summed E-state index contributed by atoms with van der Waals surface area (Å²) in [6.07, 6.45) is 0. The first-order valence-electron chi connectivity index (χ1n) is 6.91. The Morgan fingerprint density at radius 2 is 1.96 bits per heavy atom. The third-order valence-corrected chi connectivity index (χ3v) is 4.69. The van der Waals surface area contributed by atoms with E-state index in [-0.39, 0.29) is 23.2 Å². The molecule has 0 saturated carbocycles. The van der Waals surface area contributed by atoms with E-state index in [0.29, 0.717) is 5.56 Å². The molecule has 1 aromatic carbocycles. The van der Waals surface area contributed by atoms with Crippen molar-refractivity contribution in [2.45, 2.75) is 24.8 Å². The van der Waals surface area contributed by atoms with Gasteiger partial charge in [0, 0.05) is 5.56 Å². The molecule has 1 heterocycles. The standard InChI is InChI=1S/C14H17N3O5S/c1-8(2)12(14(19)20)16-11(18)7-15-13-9-5-3-4-6-10(9)23(21,22)17-13/h3-6,8,12H,7H2,1-2H3,(H,15,17)(H,16,18)(H,19,20)/t12-/m0/s1. The average Bonchev–Trinajstić information content (AvgIpc) is 2.74. The second-order valence-corrected chi connectivity index (χ2v) is 7.04. The summed E-state index contributed by atoms with van der Waals surface area (Å²) in [5, 5.41) is 11.4. The molecule has 3 N–H and O–H groups in total. The van der Waals surface area contributed by atoms with Crippen LogP contribution in [-0.4, -0.2) is 43.8 Å². The zero-order valence-corrected chi connectivity index (χ0v) is 13.4. The Balaban J connectivity index is 2.13. The molecule has 1 aliphatic heterocycles. The summed E-state index contributed by atoms with van der Waals surface area (Å²) in [5.74, 6) is -1.93. The van der Waals surface area contributed by atoms with Gasteiger partial charge in [-0.25, -0.2) is 13.2 Å². The SMILES string of the molecule is CC(C)[C@H](NC(=O)CN=C1NS(=O)(=O)c2ccccc21)C(=O)O. The molecule has 1 amide bonds. The molecule has 124 valence electrons. The summed E-state index contributed by atoms with van der Waals surface area (Å²) < 4.78 is 26.1. The lowest BCUT2D eigenvalue weighted by Crippen LogP contribution is -2.45. The van der Waals surface area contributed by atoms with Crippen LogP contribution in [-0.2, 0) is 19.6 Å². The highest BCUT2D eigenvalue weighted by molar-refractivity contribution is 7.90. The Bertz CT molecular complexity index is 770. The highest BCUT2D eigenvalue weighted by Crippen LogP contribution is 2.21. The van der Waals surface area contributed by atoms with Crippen molar-refractivity contribution in [2.24, 2.45) is 10.9 Å². The number of benzene rings is 1. The van der Waals surface area contributed by atoms with Crippen LogP contribution in [0.2, 0.25) is 0 Å². The van der Waals surface area contributed by atoms with Crippen molar-refractivity contribution >= 4 is 27.7 Å². The van der Waals surface area contributed by atoms with Crippen LogP contribution >= 0.6 is 0 Å². The second kappa shape index (κ2) is 6.37. The fraction of sp³-hybridized carbons (Fsp3) is 0.357. The molecular formula is C14H17N3O5S. The van der Waals surface area contributed by atoms with Gasteiger partial charge >= 0.3 is 5.97 Å². The first-order chi connectivity index (χ1) is 10.7. The number of amides is 1. The van der Waals surface area contributed by atoms with Gasteiger partial charge in [-0.05, 0) is 18.1 Å². The summed E-state index contributed by atoms with van der Waals surface area (Å²) in [6.45, 7) is 2.97. The minimum absolute atomic E-state index is 0.0761. The molecule has 0 aliphatic carbocycles. The smallest absolute Gasteiger partial charge is 0.326 e. The maximum Gasteiger partial charge on any atom is 0.326 e. The number of hydrogen-bond acceptors (Lipinski definition) is 5. The largest absolute Gasteiger partial charge is 0.480 e. The van der Waals surface area contributed by atoms with Gasteiger partial charge in [0.2, 0.25) is 5.91 Å². The fourth-order valence-electron chi connectivity index (χ4n) is 2.13. The number of aliphatic imine (C=N–C) groups is 1. The number of carboxylic acids is 1. The molecule has 0 spiro atoms. The molecule has 23 heavy (non-hydrogen) atoms. The average molecular weight is 339 g/mol. The number of amidine groups is 1. The summed E-state index contributed by atoms with van der Waals surface area (Å²) in [7, 11) is -3.66. The number of hydrogen-bond donors (Lipinski definition) is 3. The number of carbonyl (C=O) groups excluding carboxylic acids is 1. The van der Waals surface area contributed by atoms with Gasteiger partial charge in [-0.2, -0.15) is 0 Å². The van der Waals surface area contributed by atoms with E-state index in [1.54, 1.807) is 32.0 Å². The lowest BCUT2D eigenvalue weighted by molar-refractivity contribution is -0.142. The van der Waals surface area contributed by atoms with Gasteiger partial charge in [-0.3, -0.25) is 14.5 Å². The Morgan fingerprint density at radius 3 is 2.57 bits per heavy atom. The molecule has 0 aromatic heterocycles. The molecule has 1 aromatic rings. The molecule has 0 unspecified atom stereocenters. The van der Waals surface area contributed by atoms with Crippen LogP contribution in [0.4, 0.5) is 0 Å². The molecule has 9 heteroatoms. The van der Waals surface area contributed by atoms with Crippen molar-refractivity contribution in [3.63, 3.8) is 0 Å². The van der Waals surface area contributed by atoms with E-state index in [1.165, 1.54) is 6.07 Å². The van der Waals surface area contributed by atoms with Crippen LogP contribution in [0.25, 0.3) is 0 Å². The highest BCUT2D eigenvalue weighted by Gasteiger charge is 2.30. The van der Waals surface area contributed by atoms with E-state index in [4.69, 9.17) is 5.11 Å². The quantitative estimate of drug-likeness (QED) is 0.693. The lowest BCUT2D eigenvalue weighted by atomic mass is 10.1. The monoisotopic (exact) mass is 339 g/mol. The topological polar surface area (TPSA) is 125 Å². The van der Waals surface area contributed by atoms with Gasteiger partial charge in [0.05, 0.1) is 4.90 Å². The molecule has 8 nitrogen and oxygen atoms in total.